The number of ketones is 1. The van der Waals surface area contributed by atoms with Crippen molar-refractivity contribution in [2.45, 2.75) is 52.9 Å². The van der Waals surface area contributed by atoms with Crippen LogP contribution < -0.4 is 10.1 Å². The quantitative estimate of drug-likeness (QED) is 0.736. The highest BCUT2D eigenvalue weighted by Gasteiger charge is 2.20. The number of amides is 1. The average Bonchev–Trinajstić information content (AvgIpc) is 2.61. The number of carbonyl (C=O) groups is 2. The van der Waals surface area contributed by atoms with E-state index in [4.69, 9.17) is 4.74 Å². The Balaban J connectivity index is 1.95. The number of ether oxygens (including phenoxy) is 1. The van der Waals surface area contributed by atoms with Crippen molar-refractivity contribution in [3.63, 3.8) is 0 Å². The molecule has 0 fully saturated rings. The molecule has 2 N–H and O–H groups in total. The van der Waals surface area contributed by atoms with Crippen LogP contribution in [0, 0.1) is 6.92 Å². The van der Waals surface area contributed by atoms with Gasteiger partial charge in [0.1, 0.15) is 18.1 Å². The van der Waals surface area contributed by atoms with Gasteiger partial charge in [-0.3, -0.25) is 9.59 Å². The van der Waals surface area contributed by atoms with E-state index in [9.17, 15) is 14.7 Å². The van der Waals surface area contributed by atoms with Crippen LogP contribution >= 0.6 is 0 Å². The van der Waals surface area contributed by atoms with Crippen LogP contribution in [0.5, 0.6) is 11.5 Å². The van der Waals surface area contributed by atoms with Crippen LogP contribution in [0.1, 0.15) is 50.8 Å². The summed E-state index contributed by atoms with van der Waals surface area (Å²) in [5.41, 5.74) is 3.26. The van der Waals surface area contributed by atoms with Gasteiger partial charge in [-0.05, 0) is 66.6 Å². The minimum Gasteiger partial charge on any atom is -0.507 e. The molecule has 0 bridgehead atoms. The fraction of sp³-hybridized carbons (Fsp3) is 0.391. The number of benzene rings is 2. The van der Waals surface area contributed by atoms with Crippen LogP contribution in [0.4, 0.5) is 5.69 Å². The summed E-state index contributed by atoms with van der Waals surface area (Å²) in [7, 11) is 0. The summed E-state index contributed by atoms with van der Waals surface area (Å²) in [6.45, 7) is 9.55. The molecule has 2 aromatic carbocycles. The highest BCUT2D eigenvalue weighted by atomic mass is 16.5. The Morgan fingerprint density at radius 2 is 1.75 bits per heavy atom. The number of nitrogens with one attached hydrogen (secondary N) is 1. The van der Waals surface area contributed by atoms with E-state index >= 15 is 0 Å². The Hall–Kier alpha value is -2.82. The van der Waals surface area contributed by atoms with Gasteiger partial charge in [0, 0.05) is 12.1 Å². The molecule has 2 rings (SSSR count). The molecule has 0 radical (unpaired) electrons. The Morgan fingerprint density at radius 3 is 2.32 bits per heavy atom. The fourth-order valence-corrected chi connectivity index (χ4v) is 2.87. The van der Waals surface area contributed by atoms with E-state index in [2.05, 4.69) is 26.1 Å². The van der Waals surface area contributed by atoms with E-state index in [1.54, 1.807) is 24.3 Å². The maximum Gasteiger partial charge on any atom is 0.224 e. The van der Waals surface area contributed by atoms with E-state index in [1.165, 1.54) is 6.92 Å². The molecule has 0 aromatic heterocycles. The Labute approximate surface area is 166 Å². The van der Waals surface area contributed by atoms with Crippen molar-refractivity contribution in [2.75, 3.05) is 11.9 Å². The zero-order valence-electron chi connectivity index (χ0n) is 17.3. The molecule has 0 heterocycles. The number of rotatable bonds is 7. The van der Waals surface area contributed by atoms with E-state index in [0.29, 0.717) is 30.0 Å². The maximum absolute atomic E-state index is 12.3. The zero-order valence-corrected chi connectivity index (χ0v) is 17.3. The summed E-state index contributed by atoms with van der Waals surface area (Å²) in [5.74, 6) is 0.784. The predicted molar refractivity (Wildman–Crippen MR) is 111 cm³/mol. The lowest BCUT2D eigenvalue weighted by Gasteiger charge is -2.22. The van der Waals surface area contributed by atoms with Gasteiger partial charge in [0.15, 0.2) is 5.78 Å². The fourth-order valence-electron chi connectivity index (χ4n) is 2.87. The van der Waals surface area contributed by atoms with E-state index in [1.807, 2.05) is 19.1 Å². The Kier molecular flexibility index (Phi) is 6.84. The van der Waals surface area contributed by atoms with Crippen LogP contribution in [0.2, 0.25) is 0 Å². The largest absolute Gasteiger partial charge is 0.507 e. The summed E-state index contributed by atoms with van der Waals surface area (Å²) in [5, 5.41) is 13.2. The number of hydrogen-bond donors (Lipinski definition) is 2. The van der Waals surface area contributed by atoms with Gasteiger partial charge in [-0.2, -0.15) is 0 Å². The molecule has 0 aliphatic heterocycles. The van der Waals surface area contributed by atoms with Crippen LogP contribution in [-0.4, -0.2) is 23.4 Å². The van der Waals surface area contributed by atoms with Gasteiger partial charge in [-0.25, -0.2) is 0 Å². The normalized spacial score (nSPS) is 11.2. The van der Waals surface area contributed by atoms with E-state index < -0.39 is 0 Å². The van der Waals surface area contributed by atoms with Crippen LogP contribution in [0.15, 0.2) is 36.4 Å². The van der Waals surface area contributed by atoms with E-state index in [0.717, 1.165) is 16.7 Å². The number of phenols is 1. The second-order valence-corrected chi connectivity index (χ2v) is 8.12. The molecule has 0 saturated heterocycles. The first-order valence-corrected chi connectivity index (χ1v) is 9.41. The third kappa shape index (κ3) is 6.12. The molecule has 0 saturated carbocycles. The van der Waals surface area contributed by atoms with Crippen molar-refractivity contribution < 1.29 is 19.4 Å². The average molecular weight is 383 g/mol. The van der Waals surface area contributed by atoms with Gasteiger partial charge < -0.3 is 15.2 Å². The van der Waals surface area contributed by atoms with E-state index in [-0.39, 0.29) is 23.7 Å². The predicted octanol–water partition coefficient (Wildman–Crippen LogP) is 4.54. The molecular formula is C23H29NO4. The van der Waals surface area contributed by atoms with Crippen LogP contribution in [0.3, 0.4) is 0 Å². The van der Waals surface area contributed by atoms with Gasteiger partial charge in [-0.1, -0.05) is 32.9 Å². The summed E-state index contributed by atoms with van der Waals surface area (Å²) >= 11 is 0. The number of Topliss-reactive ketones (excluding diaryl/α,β-unsaturated/α-hetero) is 1. The number of aromatic hydroxyl groups is 1. The van der Waals surface area contributed by atoms with Crippen molar-refractivity contribution in [1.29, 1.82) is 0 Å². The minimum absolute atomic E-state index is 0.0360. The molecule has 0 aliphatic rings. The first-order valence-electron chi connectivity index (χ1n) is 9.41. The van der Waals surface area contributed by atoms with Crippen LogP contribution in [0.25, 0.3) is 0 Å². The standard InChI is InChI=1S/C23H29NO4/c1-15-12-17(13-20(22(15)27)23(3,4)5)6-11-21(26)24-18-7-9-19(10-8-18)28-14-16(2)25/h7-10,12-13,27H,6,11,14H2,1-5H3,(H,24,26). The van der Waals surface area contributed by atoms with Gasteiger partial charge >= 0.3 is 0 Å². The van der Waals surface area contributed by atoms with Gasteiger partial charge in [0.05, 0.1) is 0 Å². The molecule has 5 heteroatoms. The maximum atomic E-state index is 12.3. The molecule has 0 aliphatic carbocycles. The SMILES string of the molecule is CC(=O)COc1ccc(NC(=O)CCc2cc(C)c(O)c(C(C)(C)C)c2)cc1. The van der Waals surface area contributed by atoms with Crippen molar-refractivity contribution in [1.82, 2.24) is 0 Å². The third-order valence-corrected chi connectivity index (χ3v) is 4.39. The topological polar surface area (TPSA) is 75.6 Å². The number of carbonyl (C=O) groups excluding carboxylic acids is 2. The monoisotopic (exact) mass is 383 g/mol. The second kappa shape index (κ2) is 8.91. The second-order valence-electron chi connectivity index (χ2n) is 8.12. The molecule has 28 heavy (non-hydrogen) atoms. The molecule has 2 aromatic rings. The van der Waals surface area contributed by atoms with Crippen molar-refractivity contribution in [3.05, 3.63) is 53.1 Å². The molecule has 0 atom stereocenters. The smallest absolute Gasteiger partial charge is 0.224 e. The Bertz CT molecular complexity index is 848. The molecule has 150 valence electrons. The molecular weight excluding hydrogens is 354 g/mol. The molecule has 0 spiro atoms. The number of phenolic OH excluding ortho intramolecular Hbond substituents is 1. The van der Waals surface area contributed by atoms with Gasteiger partial charge in [-0.15, -0.1) is 0 Å². The molecule has 0 unspecified atom stereocenters. The highest BCUT2D eigenvalue weighted by Crippen LogP contribution is 2.34. The minimum atomic E-state index is -0.167. The van der Waals surface area contributed by atoms with Crippen molar-refractivity contribution in [3.8, 4) is 11.5 Å². The van der Waals surface area contributed by atoms with Crippen molar-refractivity contribution in [2.24, 2.45) is 0 Å². The summed E-state index contributed by atoms with van der Waals surface area (Å²) in [6, 6.07) is 10.8. The molecule has 5 nitrogen and oxygen atoms in total. The summed E-state index contributed by atoms with van der Waals surface area (Å²) in [4.78, 5) is 23.2. The summed E-state index contributed by atoms with van der Waals surface area (Å²) < 4.78 is 5.31. The lowest BCUT2D eigenvalue weighted by molar-refractivity contribution is -0.119. The number of anilines is 1. The molecule has 1 amide bonds. The first-order chi connectivity index (χ1) is 13.1. The Morgan fingerprint density at radius 1 is 1.11 bits per heavy atom. The lowest BCUT2D eigenvalue weighted by Crippen LogP contribution is -2.14. The first kappa shape index (κ1) is 21.5. The van der Waals surface area contributed by atoms with Crippen LogP contribution in [-0.2, 0) is 21.4 Å². The number of aryl methyl sites for hydroxylation is 2. The lowest BCUT2D eigenvalue weighted by atomic mass is 9.83. The summed E-state index contributed by atoms with van der Waals surface area (Å²) in [6.07, 6.45) is 0.937. The zero-order chi connectivity index (χ0) is 20.9. The number of hydrogen-bond acceptors (Lipinski definition) is 4. The van der Waals surface area contributed by atoms with Gasteiger partial charge in [0.2, 0.25) is 5.91 Å². The highest BCUT2D eigenvalue weighted by molar-refractivity contribution is 5.90. The third-order valence-electron chi connectivity index (χ3n) is 4.39. The van der Waals surface area contributed by atoms with Gasteiger partial charge in [0.25, 0.3) is 0 Å². The van der Waals surface area contributed by atoms with Crippen molar-refractivity contribution >= 4 is 17.4 Å².